The van der Waals surface area contributed by atoms with Crippen LogP contribution in [-0.2, 0) is 27.3 Å². The van der Waals surface area contributed by atoms with E-state index < -0.39 is 23.8 Å². The Balaban J connectivity index is 1.66. The van der Waals surface area contributed by atoms with E-state index in [1.54, 1.807) is 39.0 Å². The molecule has 0 saturated carbocycles. The molecular weight excluding hydrogens is 468 g/mol. The molecule has 0 radical (unpaired) electrons. The summed E-state index contributed by atoms with van der Waals surface area (Å²) in [5, 5.41) is 12.2. The van der Waals surface area contributed by atoms with Gasteiger partial charge in [0.25, 0.3) is 0 Å². The highest BCUT2D eigenvalue weighted by molar-refractivity contribution is 6.31. The number of halogens is 1. The van der Waals surface area contributed by atoms with Crippen LogP contribution in [0.15, 0.2) is 42.5 Å². The van der Waals surface area contributed by atoms with Crippen molar-refractivity contribution in [2.45, 2.75) is 64.8 Å². The summed E-state index contributed by atoms with van der Waals surface area (Å²) in [4.78, 5) is 38.2. The van der Waals surface area contributed by atoms with Crippen molar-refractivity contribution in [3.05, 3.63) is 64.2 Å². The first-order valence-electron chi connectivity index (χ1n) is 11.7. The molecule has 0 spiro atoms. The van der Waals surface area contributed by atoms with Crippen LogP contribution in [0.3, 0.4) is 0 Å². The third-order valence-corrected chi connectivity index (χ3v) is 5.98. The summed E-state index contributed by atoms with van der Waals surface area (Å²) in [5.41, 5.74) is 3.02. The zero-order chi connectivity index (χ0) is 25.6. The molecule has 1 aliphatic heterocycles. The average Bonchev–Trinajstić information content (AvgIpc) is 2.79. The Hall–Kier alpha value is -3.10. The van der Waals surface area contributed by atoms with E-state index in [4.69, 9.17) is 16.3 Å². The number of anilines is 1. The fourth-order valence-corrected chi connectivity index (χ4v) is 3.88. The number of hydrogen-bond acceptors (Lipinski definition) is 5. The maximum Gasteiger partial charge on any atom is 0.407 e. The number of benzene rings is 2. The van der Waals surface area contributed by atoms with Gasteiger partial charge in [-0.3, -0.25) is 9.59 Å². The topological polar surface area (TPSA) is 109 Å². The van der Waals surface area contributed by atoms with Crippen LogP contribution in [0, 0.1) is 6.92 Å². The highest BCUT2D eigenvalue weighted by atomic mass is 35.5. The Labute approximate surface area is 211 Å². The molecule has 3 amide bonds. The smallest absolute Gasteiger partial charge is 0.407 e. The van der Waals surface area contributed by atoms with Crippen LogP contribution in [0.1, 0.15) is 43.9 Å². The highest BCUT2D eigenvalue weighted by Gasteiger charge is 2.28. The van der Waals surface area contributed by atoms with Crippen molar-refractivity contribution < 1.29 is 19.1 Å². The molecule has 4 N–H and O–H groups in total. The van der Waals surface area contributed by atoms with Gasteiger partial charge in [-0.15, -0.1) is 0 Å². The second-order valence-electron chi connectivity index (χ2n) is 9.64. The highest BCUT2D eigenvalue weighted by Crippen LogP contribution is 2.20. The zero-order valence-electron chi connectivity index (χ0n) is 20.5. The van der Waals surface area contributed by atoms with E-state index in [2.05, 4.69) is 21.3 Å². The van der Waals surface area contributed by atoms with Gasteiger partial charge in [0.1, 0.15) is 11.6 Å². The van der Waals surface area contributed by atoms with Crippen molar-refractivity contribution in [2.24, 2.45) is 0 Å². The number of aryl methyl sites for hydroxylation is 1. The summed E-state index contributed by atoms with van der Waals surface area (Å²) in [7, 11) is 0. The Bertz CT molecular complexity index is 1080. The molecule has 1 aliphatic rings. The van der Waals surface area contributed by atoms with Gasteiger partial charge < -0.3 is 26.0 Å². The number of carbonyl (C=O) groups excluding carboxylic acids is 3. The van der Waals surface area contributed by atoms with E-state index in [-0.39, 0.29) is 24.8 Å². The monoisotopic (exact) mass is 500 g/mol. The molecule has 0 saturated heterocycles. The number of ether oxygens (including phenoxy) is 1. The van der Waals surface area contributed by atoms with Crippen molar-refractivity contribution in [3.8, 4) is 0 Å². The summed E-state index contributed by atoms with van der Waals surface area (Å²) in [6.07, 6.45) is 0.136. The molecular formula is C26H33ClN4O4. The summed E-state index contributed by atoms with van der Waals surface area (Å²) < 4.78 is 5.25. The lowest BCUT2D eigenvalue weighted by Crippen LogP contribution is -2.54. The van der Waals surface area contributed by atoms with Gasteiger partial charge in [0.2, 0.25) is 11.8 Å². The number of carbonyl (C=O) groups is 3. The van der Waals surface area contributed by atoms with E-state index in [1.807, 2.05) is 31.2 Å². The van der Waals surface area contributed by atoms with Crippen LogP contribution in [0.5, 0.6) is 0 Å². The van der Waals surface area contributed by atoms with Gasteiger partial charge in [-0.05, 0) is 75.4 Å². The molecule has 188 valence electrons. The predicted octanol–water partition coefficient (Wildman–Crippen LogP) is 3.70. The lowest BCUT2D eigenvalue weighted by Gasteiger charge is -2.27. The third-order valence-electron chi connectivity index (χ3n) is 5.56. The van der Waals surface area contributed by atoms with E-state index in [0.717, 1.165) is 16.7 Å². The van der Waals surface area contributed by atoms with Gasteiger partial charge in [-0.25, -0.2) is 4.79 Å². The van der Waals surface area contributed by atoms with Crippen molar-refractivity contribution in [1.29, 1.82) is 0 Å². The minimum atomic E-state index is -0.868. The maximum atomic E-state index is 13.1. The fourth-order valence-electron chi connectivity index (χ4n) is 3.77. The molecule has 8 nitrogen and oxygen atoms in total. The van der Waals surface area contributed by atoms with E-state index in [9.17, 15) is 14.4 Å². The predicted molar refractivity (Wildman–Crippen MR) is 136 cm³/mol. The van der Waals surface area contributed by atoms with Gasteiger partial charge in [-0.2, -0.15) is 0 Å². The van der Waals surface area contributed by atoms with Gasteiger partial charge in [0.15, 0.2) is 0 Å². The van der Waals surface area contributed by atoms with Crippen LogP contribution in [0.2, 0.25) is 5.02 Å². The van der Waals surface area contributed by atoms with Crippen LogP contribution < -0.4 is 21.3 Å². The van der Waals surface area contributed by atoms with Crippen LogP contribution >= 0.6 is 11.6 Å². The maximum absolute atomic E-state index is 13.1. The normalized spacial score (nSPS) is 16.0. The Morgan fingerprint density at radius 3 is 2.54 bits per heavy atom. The summed E-state index contributed by atoms with van der Waals surface area (Å²) in [6, 6.07) is 11.8. The van der Waals surface area contributed by atoms with Crippen molar-refractivity contribution in [2.75, 3.05) is 11.9 Å². The molecule has 0 bridgehead atoms. The van der Waals surface area contributed by atoms with Crippen molar-refractivity contribution in [1.82, 2.24) is 16.0 Å². The molecule has 0 aromatic heterocycles. The molecule has 2 atom stereocenters. The fraction of sp³-hybridized carbons (Fsp3) is 0.423. The second kappa shape index (κ2) is 11.6. The molecule has 0 fully saturated rings. The molecule has 2 aromatic rings. The summed E-state index contributed by atoms with van der Waals surface area (Å²) >= 11 is 6.09. The van der Waals surface area contributed by atoms with Crippen molar-refractivity contribution in [3.63, 3.8) is 0 Å². The Morgan fingerprint density at radius 2 is 1.86 bits per heavy atom. The molecule has 9 heteroatoms. The Morgan fingerprint density at radius 1 is 1.14 bits per heavy atom. The number of rotatable bonds is 7. The number of alkyl carbamates (subject to hydrolysis) is 1. The van der Waals surface area contributed by atoms with Crippen LogP contribution in [0.25, 0.3) is 0 Å². The lowest BCUT2D eigenvalue weighted by atomic mass is 9.95. The molecule has 35 heavy (non-hydrogen) atoms. The van der Waals surface area contributed by atoms with Gasteiger partial charge in [-0.1, -0.05) is 35.9 Å². The molecule has 1 heterocycles. The van der Waals surface area contributed by atoms with Crippen LogP contribution in [0.4, 0.5) is 10.5 Å². The minimum absolute atomic E-state index is 0.147. The zero-order valence-corrected chi connectivity index (χ0v) is 21.3. The largest absolute Gasteiger partial charge is 0.444 e. The first-order chi connectivity index (χ1) is 16.5. The van der Waals surface area contributed by atoms with E-state index >= 15 is 0 Å². The van der Waals surface area contributed by atoms with E-state index in [1.165, 1.54) is 0 Å². The van der Waals surface area contributed by atoms with Gasteiger partial charge in [0, 0.05) is 23.8 Å². The average molecular weight is 501 g/mol. The number of nitrogens with one attached hydrogen (secondary N) is 4. The standard InChI is InChI=1S/C26H33ClN4O4/c1-16-13-19(9-10-20(16)27)30-23(32)21(11-12-28-25(34)35-26(2,3)4)31-24(33)22-14-17-7-5-6-8-18(17)15-29-22/h5-10,13,21-22,29H,11-12,14-15H2,1-4H3,(H,28,34)(H,30,32)(H,31,33)/t21-,22?/m0/s1. The summed E-state index contributed by atoms with van der Waals surface area (Å²) in [6.45, 7) is 7.88. The number of fused-ring (bicyclic) bond motifs is 1. The molecule has 0 aliphatic carbocycles. The molecule has 3 rings (SSSR count). The summed E-state index contributed by atoms with van der Waals surface area (Å²) in [5.74, 6) is -0.661. The number of amides is 3. The van der Waals surface area contributed by atoms with E-state index in [0.29, 0.717) is 23.7 Å². The second-order valence-corrected chi connectivity index (χ2v) is 10.0. The third kappa shape index (κ3) is 7.97. The number of hydrogen-bond donors (Lipinski definition) is 4. The first-order valence-corrected chi connectivity index (χ1v) is 12.0. The van der Waals surface area contributed by atoms with Gasteiger partial charge in [0.05, 0.1) is 6.04 Å². The molecule has 2 aromatic carbocycles. The molecule has 1 unspecified atom stereocenters. The minimum Gasteiger partial charge on any atom is -0.444 e. The Kier molecular flexibility index (Phi) is 8.75. The first kappa shape index (κ1) is 26.5. The van der Waals surface area contributed by atoms with Crippen LogP contribution in [-0.4, -0.2) is 42.1 Å². The lowest BCUT2D eigenvalue weighted by molar-refractivity contribution is -0.128. The van der Waals surface area contributed by atoms with Crippen molar-refractivity contribution >= 4 is 35.2 Å². The SMILES string of the molecule is Cc1cc(NC(=O)[C@H](CCNC(=O)OC(C)(C)C)NC(=O)C2Cc3ccccc3CN2)ccc1Cl. The quantitative estimate of drug-likeness (QED) is 0.463. The van der Waals surface area contributed by atoms with Gasteiger partial charge >= 0.3 is 6.09 Å².